The third-order valence-corrected chi connectivity index (χ3v) is 2.30. The molecule has 1 heterocycles. The Labute approximate surface area is 78.1 Å². The van der Waals surface area contributed by atoms with E-state index >= 15 is 0 Å². The zero-order valence-electron chi connectivity index (χ0n) is 8.14. The maximum atomic E-state index is 4.27. The van der Waals surface area contributed by atoms with Crippen LogP contribution in [0.15, 0.2) is 6.07 Å². The predicted molar refractivity (Wildman–Crippen MR) is 54.5 cm³/mol. The Hall–Kier alpha value is -0.440. The summed E-state index contributed by atoms with van der Waals surface area (Å²) in [5.41, 5.74) is 2.52. The molecule has 12 heavy (non-hydrogen) atoms. The molecule has 1 N–H and O–H groups in total. The molecule has 0 amide bonds. The standard InChI is InChI=1S/C9H16N2S/c1-9(2,3)8-5-7(6-12-4)10-11-8/h5H,6H2,1-4H3,(H,10,11). The van der Waals surface area contributed by atoms with Crippen molar-refractivity contribution in [3.63, 3.8) is 0 Å². The lowest BCUT2D eigenvalue weighted by Gasteiger charge is -2.13. The average molecular weight is 184 g/mol. The highest BCUT2D eigenvalue weighted by atomic mass is 32.2. The van der Waals surface area contributed by atoms with E-state index in [0.717, 1.165) is 11.4 Å². The molecular weight excluding hydrogens is 168 g/mol. The van der Waals surface area contributed by atoms with Crippen LogP contribution in [0, 0.1) is 0 Å². The Morgan fingerprint density at radius 2 is 2.17 bits per heavy atom. The molecule has 0 fully saturated rings. The van der Waals surface area contributed by atoms with Crippen LogP contribution >= 0.6 is 11.8 Å². The molecule has 0 aromatic carbocycles. The smallest absolute Gasteiger partial charge is 0.0678 e. The van der Waals surface area contributed by atoms with Crippen molar-refractivity contribution >= 4 is 11.8 Å². The molecule has 0 unspecified atom stereocenters. The molecule has 1 aromatic heterocycles. The number of thioether (sulfide) groups is 1. The molecule has 2 nitrogen and oxygen atoms in total. The van der Waals surface area contributed by atoms with Gasteiger partial charge in [-0.1, -0.05) is 20.8 Å². The second-order valence-electron chi connectivity index (χ2n) is 3.96. The van der Waals surface area contributed by atoms with Gasteiger partial charge in [0.1, 0.15) is 0 Å². The van der Waals surface area contributed by atoms with E-state index < -0.39 is 0 Å². The number of hydrogen-bond acceptors (Lipinski definition) is 2. The molecule has 68 valence electrons. The maximum Gasteiger partial charge on any atom is 0.0678 e. The summed E-state index contributed by atoms with van der Waals surface area (Å²) in [6, 6.07) is 2.15. The SMILES string of the molecule is CSCc1cc(C(C)(C)C)n[nH]1. The van der Waals surface area contributed by atoms with Crippen LogP contribution in [0.1, 0.15) is 32.2 Å². The van der Waals surface area contributed by atoms with Crippen LogP contribution in [0.4, 0.5) is 0 Å². The van der Waals surface area contributed by atoms with Crippen molar-refractivity contribution in [3.8, 4) is 0 Å². The van der Waals surface area contributed by atoms with Crippen molar-refractivity contribution in [2.24, 2.45) is 0 Å². The number of nitrogens with one attached hydrogen (secondary N) is 1. The molecular formula is C9H16N2S. The fourth-order valence-corrected chi connectivity index (χ4v) is 1.43. The van der Waals surface area contributed by atoms with Gasteiger partial charge in [0.25, 0.3) is 0 Å². The highest BCUT2D eigenvalue weighted by molar-refractivity contribution is 7.97. The molecule has 0 aliphatic heterocycles. The second-order valence-corrected chi connectivity index (χ2v) is 4.83. The lowest BCUT2D eigenvalue weighted by Crippen LogP contribution is -2.11. The van der Waals surface area contributed by atoms with E-state index in [4.69, 9.17) is 0 Å². The van der Waals surface area contributed by atoms with E-state index in [-0.39, 0.29) is 5.41 Å². The summed E-state index contributed by atoms with van der Waals surface area (Å²) >= 11 is 1.81. The van der Waals surface area contributed by atoms with Crippen LogP contribution in [-0.4, -0.2) is 16.5 Å². The number of aromatic amines is 1. The number of rotatable bonds is 2. The predicted octanol–water partition coefficient (Wildman–Crippen LogP) is 2.57. The van der Waals surface area contributed by atoms with Gasteiger partial charge in [-0.2, -0.15) is 16.9 Å². The van der Waals surface area contributed by atoms with Gasteiger partial charge in [0, 0.05) is 16.9 Å². The van der Waals surface area contributed by atoms with Gasteiger partial charge < -0.3 is 0 Å². The highest BCUT2D eigenvalue weighted by Crippen LogP contribution is 2.21. The third-order valence-electron chi connectivity index (χ3n) is 1.70. The lowest BCUT2D eigenvalue weighted by molar-refractivity contribution is 0.567. The first-order chi connectivity index (χ1) is 5.54. The third kappa shape index (κ3) is 2.27. The van der Waals surface area contributed by atoms with Gasteiger partial charge in [-0.3, -0.25) is 5.10 Å². The Morgan fingerprint density at radius 3 is 2.58 bits per heavy atom. The van der Waals surface area contributed by atoms with Crippen LogP contribution in [0.5, 0.6) is 0 Å². The molecule has 0 radical (unpaired) electrons. The first-order valence-electron chi connectivity index (χ1n) is 4.08. The minimum Gasteiger partial charge on any atom is -0.281 e. The summed E-state index contributed by atoms with van der Waals surface area (Å²) in [4.78, 5) is 0. The average Bonchev–Trinajstić information content (AvgIpc) is 2.35. The Kier molecular flexibility index (Phi) is 2.83. The van der Waals surface area contributed by atoms with E-state index in [2.05, 4.69) is 43.3 Å². The van der Waals surface area contributed by atoms with Gasteiger partial charge in [-0.15, -0.1) is 0 Å². The maximum absolute atomic E-state index is 4.27. The van der Waals surface area contributed by atoms with Crippen molar-refractivity contribution in [2.75, 3.05) is 6.26 Å². The fraction of sp³-hybridized carbons (Fsp3) is 0.667. The summed E-state index contributed by atoms with van der Waals surface area (Å²) < 4.78 is 0. The fourth-order valence-electron chi connectivity index (χ4n) is 0.975. The van der Waals surface area contributed by atoms with E-state index in [1.165, 1.54) is 5.69 Å². The molecule has 1 aromatic rings. The summed E-state index contributed by atoms with van der Waals surface area (Å²) in [6.07, 6.45) is 2.09. The topological polar surface area (TPSA) is 28.7 Å². The van der Waals surface area contributed by atoms with Crippen molar-refractivity contribution in [3.05, 3.63) is 17.5 Å². The highest BCUT2D eigenvalue weighted by Gasteiger charge is 2.16. The van der Waals surface area contributed by atoms with E-state index in [1.807, 2.05) is 11.8 Å². The molecule has 3 heteroatoms. The monoisotopic (exact) mass is 184 g/mol. The zero-order chi connectivity index (χ0) is 9.19. The molecule has 1 rings (SSSR count). The molecule has 0 spiro atoms. The Morgan fingerprint density at radius 1 is 1.50 bits per heavy atom. The Balaban J connectivity index is 2.77. The first-order valence-corrected chi connectivity index (χ1v) is 5.47. The zero-order valence-corrected chi connectivity index (χ0v) is 8.96. The minimum atomic E-state index is 0.160. The molecule has 0 saturated heterocycles. The van der Waals surface area contributed by atoms with Crippen molar-refractivity contribution < 1.29 is 0 Å². The van der Waals surface area contributed by atoms with Gasteiger partial charge in [0.15, 0.2) is 0 Å². The van der Waals surface area contributed by atoms with Gasteiger partial charge >= 0.3 is 0 Å². The van der Waals surface area contributed by atoms with Crippen LogP contribution in [0.25, 0.3) is 0 Å². The molecule has 0 aliphatic carbocycles. The normalized spacial score (nSPS) is 12.0. The first kappa shape index (κ1) is 9.65. The Bertz CT molecular complexity index is 247. The van der Waals surface area contributed by atoms with Gasteiger partial charge in [-0.25, -0.2) is 0 Å². The van der Waals surface area contributed by atoms with Crippen LogP contribution in [0.3, 0.4) is 0 Å². The summed E-state index contributed by atoms with van der Waals surface area (Å²) in [5.74, 6) is 1.02. The largest absolute Gasteiger partial charge is 0.281 e. The quantitative estimate of drug-likeness (QED) is 0.765. The second kappa shape index (κ2) is 3.52. The van der Waals surface area contributed by atoms with E-state index in [1.54, 1.807) is 0 Å². The van der Waals surface area contributed by atoms with Gasteiger partial charge in [-0.05, 0) is 12.3 Å². The van der Waals surface area contributed by atoms with Crippen molar-refractivity contribution in [1.82, 2.24) is 10.2 Å². The summed E-state index contributed by atoms with van der Waals surface area (Å²) in [6.45, 7) is 6.52. The van der Waals surface area contributed by atoms with Crippen molar-refractivity contribution in [1.29, 1.82) is 0 Å². The molecule has 0 aliphatic rings. The lowest BCUT2D eigenvalue weighted by atomic mass is 9.92. The van der Waals surface area contributed by atoms with Crippen LogP contribution in [-0.2, 0) is 11.2 Å². The summed E-state index contributed by atoms with van der Waals surface area (Å²) in [7, 11) is 0. The number of aromatic nitrogens is 2. The number of nitrogens with zero attached hydrogens (tertiary/aromatic N) is 1. The number of hydrogen-bond donors (Lipinski definition) is 1. The van der Waals surface area contributed by atoms with Crippen molar-refractivity contribution in [2.45, 2.75) is 31.9 Å². The van der Waals surface area contributed by atoms with E-state index in [0.29, 0.717) is 0 Å². The van der Waals surface area contributed by atoms with Crippen LogP contribution < -0.4 is 0 Å². The van der Waals surface area contributed by atoms with E-state index in [9.17, 15) is 0 Å². The van der Waals surface area contributed by atoms with Crippen LogP contribution in [0.2, 0.25) is 0 Å². The molecule has 0 bridgehead atoms. The molecule has 0 atom stereocenters. The molecule has 0 saturated carbocycles. The number of H-pyrrole nitrogens is 1. The van der Waals surface area contributed by atoms with Gasteiger partial charge in [0.2, 0.25) is 0 Å². The summed E-state index contributed by atoms with van der Waals surface area (Å²) in [5, 5.41) is 7.31. The van der Waals surface area contributed by atoms with Gasteiger partial charge in [0.05, 0.1) is 5.69 Å². The minimum absolute atomic E-state index is 0.160.